The van der Waals surface area contributed by atoms with E-state index < -0.39 is 46.5 Å². The number of hydrogen-bond donors (Lipinski definition) is 1. The van der Waals surface area contributed by atoms with Crippen molar-refractivity contribution in [3.8, 4) is 11.5 Å². The molecular weight excluding hydrogens is 465 g/mol. The topological polar surface area (TPSA) is 32.7 Å². The van der Waals surface area contributed by atoms with Crippen molar-refractivity contribution in [2.45, 2.75) is 31.1 Å². The first-order valence-electron chi connectivity index (χ1n) is 11.6. The Bertz CT molecular complexity index is 1210. The maximum atomic E-state index is 14.8. The molecule has 5 rings (SSSR count). The number of rotatable bonds is 5. The molecule has 3 aromatic rings. The summed E-state index contributed by atoms with van der Waals surface area (Å²) in [6, 6.07) is 11.8. The van der Waals surface area contributed by atoms with Crippen LogP contribution in [0.4, 0.5) is 22.0 Å². The number of hydrogen-bond acceptors (Lipinski definition) is 3. The van der Waals surface area contributed by atoms with Gasteiger partial charge in [-0.05, 0) is 49.5 Å². The summed E-state index contributed by atoms with van der Waals surface area (Å²) >= 11 is 0. The van der Waals surface area contributed by atoms with Gasteiger partial charge in [-0.1, -0.05) is 30.3 Å². The molecule has 1 fully saturated rings. The first-order valence-corrected chi connectivity index (χ1v) is 11.6. The van der Waals surface area contributed by atoms with Crippen LogP contribution in [-0.4, -0.2) is 36.2 Å². The van der Waals surface area contributed by atoms with E-state index >= 15 is 0 Å². The number of phenols is 1. The number of benzene rings is 3. The van der Waals surface area contributed by atoms with Crippen molar-refractivity contribution in [3.63, 3.8) is 0 Å². The number of ether oxygens (including phenoxy) is 1. The van der Waals surface area contributed by atoms with Crippen LogP contribution in [0, 0.1) is 29.1 Å². The van der Waals surface area contributed by atoms with Crippen molar-refractivity contribution in [2.24, 2.45) is 0 Å². The van der Waals surface area contributed by atoms with Crippen molar-refractivity contribution < 1.29 is 31.8 Å². The highest BCUT2D eigenvalue weighted by Gasteiger charge is 2.39. The molecule has 2 atom stereocenters. The summed E-state index contributed by atoms with van der Waals surface area (Å²) in [7, 11) is 0. The maximum Gasteiger partial charge on any atom is 0.200 e. The summed E-state index contributed by atoms with van der Waals surface area (Å²) in [6.45, 7) is 2.79. The lowest BCUT2D eigenvalue weighted by atomic mass is 9.75. The van der Waals surface area contributed by atoms with Crippen molar-refractivity contribution in [1.29, 1.82) is 0 Å². The molecule has 0 saturated carbocycles. The normalized spacial score (nSPS) is 20.0. The zero-order valence-corrected chi connectivity index (χ0v) is 18.8. The van der Waals surface area contributed by atoms with Gasteiger partial charge in [-0.15, -0.1) is 0 Å². The Balaban J connectivity index is 1.54. The molecule has 0 unspecified atom stereocenters. The van der Waals surface area contributed by atoms with Crippen LogP contribution in [0.3, 0.4) is 0 Å². The summed E-state index contributed by atoms with van der Waals surface area (Å²) in [5.41, 5.74) is 1.33. The third-order valence-electron chi connectivity index (χ3n) is 7.02. The fourth-order valence-corrected chi connectivity index (χ4v) is 5.19. The van der Waals surface area contributed by atoms with Gasteiger partial charge in [0.2, 0.25) is 5.82 Å². The second-order valence-electron chi connectivity index (χ2n) is 9.14. The second-order valence-corrected chi connectivity index (χ2v) is 9.14. The number of aromatic hydroxyl groups is 1. The van der Waals surface area contributed by atoms with Gasteiger partial charge in [0.1, 0.15) is 11.5 Å². The Morgan fingerprint density at radius 1 is 0.829 bits per heavy atom. The highest BCUT2D eigenvalue weighted by Crippen LogP contribution is 2.48. The zero-order chi connectivity index (χ0) is 24.7. The van der Waals surface area contributed by atoms with Crippen molar-refractivity contribution in [1.82, 2.24) is 4.90 Å². The van der Waals surface area contributed by atoms with Crippen LogP contribution in [0.1, 0.15) is 46.9 Å². The molecule has 0 amide bonds. The van der Waals surface area contributed by atoms with Crippen molar-refractivity contribution >= 4 is 0 Å². The van der Waals surface area contributed by atoms with Crippen LogP contribution >= 0.6 is 0 Å². The fraction of sp³-hybridized carbons (Fsp3) is 0.333. The van der Waals surface area contributed by atoms with E-state index in [0.717, 1.165) is 31.6 Å². The van der Waals surface area contributed by atoms with Gasteiger partial charge in [-0.25, -0.2) is 22.0 Å². The number of halogens is 5. The summed E-state index contributed by atoms with van der Waals surface area (Å²) in [5, 5.41) is 9.86. The molecule has 1 N–H and O–H groups in total. The van der Waals surface area contributed by atoms with Crippen LogP contribution in [0.2, 0.25) is 0 Å². The Kier molecular flexibility index (Phi) is 6.40. The average Bonchev–Trinajstić information content (AvgIpc) is 3.39. The van der Waals surface area contributed by atoms with Crippen molar-refractivity contribution in [2.75, 3.05) is 26.2 Å². The van der Waals surface area contributed by atoms with Gasteiger partial charge in [0.05, 0.1) is 6.61 Å². The third-order valence-corrected chi connectivity index (χ3v) is 7.02. The van der Waals surface area contributed by atoms with Gasteiger partial charge >= 0.3 is 0 Å². The van der Waals surface area contributed by atoms with Crippen LogP contribution in [0.5, 0.6) is 11.5 Å². The predicted molar refractivity (Wildman–Crippen MR) is 120 cm³/mol. The third kappa shape index (κ3) is 4.35. The summed E-state index contributed by atoms with van der Waals surface area (Å²) < 4.78 is 77.1. The van der Waals surface area contributed by atoms with Gasteiger partial charge < -0.3 is 14.7 Å². The SMILES string of the molecule is Oc1ccc2c(c1)OC[C@@H](c1c(F)c(F)c(F)c(F)c1F)[C@H]2c1ccc(CCN2CCCC2)cc1. The van der Waals surface area contributed by atoms with E-state index in [2.05, 4.69) is 4.90 Å². The Hall–Kier alpha value is -3.13. The molecule has 35 heavy (non-hydrogen) atoms. The minimum atomic E-state index is -2.19. The summed E-state index contributed by atoms with van der Waals surface area (Å²) in [6.07, 6.45) is 3.26. The minimum absolute atomic E-state index is 0.0607. The zero-order valence-electron chi connectivity index (χ0n) is 18.8. The first kappa shape index (κ1) is 23.6. The molecule has 2 aliphatic rings. The number of likely N-dealkylation sites (tertiary alicyclic amines) is 1. The van der Waals surface area contributed by atoms with E-state index in [0.29, 0.717) is 16.9 Å². The van der Waals surface area contributed by atoms with Gasteiger partial charge in [0, 0.05) is 35.6 Å². The predicted octanol–water partition coefficient (Wildman–Crippen LogP) is 6.03. The Morgan fingerprint density at radius 2 is 1.46 bits per heavy atom. The first-order chi connectivity index (χ1) is 16.8. The molecule has 3 aromatic carbocycles. The number of fused-ring (bicyclic) bond motifs is 1. The van der Waals surface area contributed by atoms with E-state index in [1.165, 1.54) is 25.0 Å². The lowest BCUT2D eigenvalue weighted by Gasteiger charge is -2.35. The molecule has 8 heteroatoms. The van der Waals surface area contributed by atoms with Crippen LogP contribution in [-0.2, 0) is 6.42 Å². The maximum absolute atomic E-state index is 14.8. The van der Waals surface area contributed by atoms with E-state index in [1.807, 2.05) is 24.3 Å². The molecule has 2 heterocycles. The Morgan fingerprint density at radius 3 is 2.11 bits per heavy atom. The summed E-state index contributed by atoms with van der Waals surface area (Å²) in [4.78, 5) is 2.40. The average molecular weight is 489 g/mol. The van der Waals surface area contributed by atoms with Crippen LogP contribution in [0.25, 0.3) is 0 Å². The standard InChI is InChI=1S/C27H24F5NO2/c28-23-22(24(29)26(31)27(32)25(23)30)19-14-35-20-13-17(34)7-8-18(20)21(19)16-5-3-15(4-6-16)9-12-33-10-1-2-11-33/h3-8,13,19,21,34H,1-2,9-12,14H2/t19-,21+/m1/s1. The smallest absolute Gasteiger partial charge is 0.200 e. The molecule has 3 nitrogen and oxygen atoms in total. The molecule has 0 aliphatic carbocycles. The van der Waals surface area contributed by atoms with E-state index in [-0.39, 0.29) is 12.4 Å². The lowest BCUT2D eigenvalue weighted by molar-refractivity contribution is 0.237. The van der Waals surface area contributed by atoms with Crippen molar-refractivity contribution in [3.05, 3.63) is 93.8 Å². The molecular formula is C27H24F5NO2. The molecule has 0 bridgehead atoms. The highest BCUT2D eigenvalue weighted by molar-refractivity contribution is 5.51. The number of phenolic OH excluding ortho intramolecular Hbond substituents is 1. The molecule has 0 aromatic heterocycles. The quantitative estimate of drug-likeness (QED) is 0.270. The molecule has 184 valence electrons. The van der Waals surface area contributed by atoms with Gasteiger partial charge in [-0.2, -0.15) is 0 Å². The van der Waals surface area contributed by atoms with Gasteiger partial charge in [-0.3, -0.25) is 0 Å². The van der Waals surface area contributed by atoms with Crippen LogP contribution in [0.15, 0.2) is 42.5 Å². The van der Waals surface area contributed by atoms with E-state index in [4.69, 9.17) is 4.74 Å². The lowest BCUT2D eigenvalue weighted by Crippen LogP contribution is -2.28. The molecule has 2 aliphatic heterocycles. The number of nitrogens with zero attached hydrogens (tertiary/aromatic N) is 1. The Labute approximate surface area is 199 Å². The molecule has 0 spiro atoms. The van der Waals surface area contributed by atoms with E-state index in [9.17, 15) is 27.1 Å². The molecule has 0 radical (unpaired) electrons. The van der Waals surface area contributed by atoms with E-state index in [1.54, 1.807) is 6.07 Å². The van der Waals surface area contributed by atoms with Gasteiger partial charge in [0.25, 0.3) is 0 Å². The van der Waals surface area contributed by atoms with Crippen LogP contribution < -0.4 is 4.74 Å². The van der Waals surface area contributed by atoms with Gasteiger partial charge in [0.15, 0.2) is 23.3 Å². The largest absolute Gasteiger partial charge is 0.508 e. The minimum Gasteiger partial charge on any atom is -0.508 e. The fourth-order valence-electron chi connectivity index (χ4n) is 5.19. The monoisotopic (exact) mass is 489 g/mol. The second kappa shape index (κ2) is 9.49. The molecule has 1 saturated heterocycles. The summed E-state index contributed by atoms with van der Waals surface area (Å²) in [5.74, 6) is -11.5. The highest BCUT2D eigenvalue weighted by atomic mass is 19.2.